The van der Waals surface area contributed by atoms with Crippen LogP contribution in [0.1, 0.15) is 30.5 Å². The average molecular weight is 597 g/mol. The molecule has 0 bridgehead atoms. The Kier molecular flexibility index (Phi) is 6.90. The van der Waals surface area contributed by atoms with Crippen LogP contribution in [-0.4, -0.2) is 39.2 Å². The maximum atomic E-state index is 9.60. The van der Waals surface area contributed by atoms with Gasteiger partial charge < -0.3 is 0 Å². The van der Waals surface area contributed by atoms with E-state index in [1.165, 1.54) is 38.6 Å². The van der Waals surface area contributed by atoms with E-state index in [1.807, 2.05) is 24.3 Å². The van der Waals surface area contributed by atoms with E-state index >= 15 is 0 Å². The Labute approximate surface area is 288 Å². The zero-order chi connectivity index (χ0) is 33.5. The van der Waals surface area contributed by atoms with Crippen molar-refractivity contribution in [1.82, 2.24) is 0 Å². The molecule has 0 atom stereocenters. The number of fused-ring (bicyclic) bond motifs is 5. The highest BCUT2D eigenvalue weighted by Gasteiger charge is 2.36. The van der Waals surface area contributed by atoms with Crippen LogP contribution in [0, 0.1) is 11.3 Å². The fraction of sp³-hybridized carbons (Fsp3) is 0.0714. The van der Waals surface area contributed by atoms with Crippen LogP contribution >= 0.6 is 0 Å². The molecule has 1 nitrogen and oxygen atoms in total. The summed E-state index contributed by atoms with van der Waals surface area (Å²) in [6, 6.07) is 40.6. The molecule has 0 aliphatic heterocycles. The van der Waals surface area contributed by atoms with Gasteiger partial charge in [-0.3, -0.25) is 0 Å². The summed E-state index contributed by atoms with van der Waals surface area (Å²) in [5.74, 6) is 0. The summed E-state index contributed by atoms with van der Waals surface area (Å²) >= 11 is 0. The second kappa shape index (κ2) is 11.0. The number of hydrogen-bond acceptors (Lipinski definition) is 1. The summed E-state index contributed by atoms with van der Waals surface area (Å²) in [4.78, 5) is 0. The lowest BCUT2D eigenvalue weighted by molar-refractivity contribution is 0.660. The second-order valence-electron chi connectivity index (χ2n) is 13.1. The summed E-state index contributed by atoms with van der Waals surface area (Å²) < 4.78 is 0. The van der Waals surface area contributed by atoms with Gasteiger partial charge in [-0.1, -0.05) is 116 Å². The van der Waals surface area contributed by atoms with Crippen LogP contribution in [0.2, 0.25) is 0 Å². The highest BCUT2D eigenvalue weighted by Crippen LogP contribution is 2.51. The molecule has 8 rings (SSSR count). The van der Waals surface area contributed by atoms with Crippen molar-refractivity contribution in [2.75, 3.05) is 0 Å². The third-order valence-corrected chi connectivity index (χ3v) is 10.2. The minimum absolute atomic E-state index is 0.202. The smallest absolute Gasteiger partial charge is 0.113 e. The summed E-state index contributed by atoms with van der Waals surface area (Å²) in [6.07, 6.45) is 0. The molecule has 0 spiro atoms. The van der Waals surface area contributed by atoms with Crippen LogP contribution in [0.25, 0.3) is 66.1 Å². The van der Waals surface area contributed by atoms with Gasteiger partial charge in [-0.2, -0.15) is 5.26 Å². The van der Waals surface area contributed by atoms with Crippen molar-refractivity contribution in [3.8, 4) is 50.6 Å². The predicted octanol–water partition coefficient (Wildman–Crippen LogP) is 5.14. The molecule has 0 fully saturated rings. The Bertz CT molecular complexity index is 2460. The normalized spacial score (nSPS) is 12.9. The van der Waals surface area contributed by atoms with Crippen LogP contribution in [0.4, 0.5) is 0 Å². The number of rotatable bonds is 3. The maximum Gasteiger partial charge on any atom is 0.113 e. The maximum absolute atomic E-state index is 9.60. The Morgan fingerprint density at radius 2 is 0.854 bits per heavy atom. The quantitative estimate of drug-likeness (QED) is 0.205. The molecule has 7 aromatic rings. The number of benzene rings is 7. The van der Waals surface area contributed by atoms with E-state index in [-0.39, 0.29) is 21.8 Å². The molecule has 0 N–H and O–H groups in total. The molecule has 1 aliphatic rings. The van der Waals surface area contributed by atoms with Gasteiger partial charge in [0.1, 0.15) is 39.2 Å². The Morgan fingerprint density at radius 3 is 1.35 bits per heavy atom. The number of hydrogen-bond donors (Lipinski definition) is 0. The van der Waals surface area contributed by atoms with E-state index in [2.05, 4.69) is 105 Å². The SMILES string of the molecule is [B]c1c([B])c([B])c(-c2ccc(-c3c4ccccc4c(-c4ccc5c(c4)C(C)(C)c4cc(C#N)ccc4-5)c4ccccc34)cc2)c([B])c1[B]. The minimum atomic E-state index is -0.243. The Hall–Kier alpha value is -5.13. The fourth-order valence-corrected chi connectivity index (χ4v) is 7.68. The molecule has 212 valence electrons. The third kappa shape index (κ3) is 4.30. The van der Waals surface area contributed by atoms with Crippen molar-refractivity contribution in [1.29, 1.82) is 5.26 Å². The minimum Gasteiger partial charge on any atom is -0.192 e. The van der Waals surface area contributed by atoms with E-state index < -0.39 is 0 Å². The Balaban J connectivity index is 1.33. The van der Waals surface area contributed by atoms with Crippen molar-refractivity contribution in [3.63, 3.8) is 0 Å². The molecule has 0 unspecified atom stereocenters. The molecule has 10 radical (unpaired) electrons. The van der Waals surface area contributed by atoms with Gasteiger partial charge in [-0.25, -0.2) is 0 Å². The molecule has 0 saturated heterocycles. The van der Waals surface area contributed by atoms with Crippen LogP contribution < -0.4 is 27.3 Å². The van der Waals surface area contributed by atoms with Gasteiger partial charge in [-0.15, -0.1) is 16.4 Å². The van der Waals surface area contributed by atoms with E-state index in [0.717, 1.165) is 33.0 Å². The molecule has 0 aromatic heterocycles. The van der Waals surface area contributed by atoms with Crippen molar-refractivity contribution < 1.29 is 0 Å². The van der Waals surface area contributed by atoms with E-state index in [1.54, 1.807) is 0 Å². The first-order valence-corrected chi connectivity index (χ1v) is 15.9. The molecular weight excluding hydrogens is 573 g/mol. The van der Waals surface area contributed by atoms with Crippen LogP contribution in [0.3, 0.4) is 0 Å². The molecule has 1 aliphatic carbocycles. The molecule has 7 aromatic carbocycles. The zero-order valence-corrected chi connectivity index (χ0v) is 26.7. The zero-order valence-electron chi connectivity index (χ0n) is 26.7. The fourth-order valence-electron chi connectivity index (χ4n) is 7.68. The lowest BCUT2D eigenvalue weighted by Crippen LogP contribution is -2.55. The predicted molar refractivity (Wildman–Crippen MR) is 207 cm³/mol. The summed E-state index contributed by atoms with van der Waals surface area (Å²) in [6.45, 7) is 4.50. The van der Waals surface area contributed by atoms with Crippen molar-refractivity contribution in [3.05, 3.63) is 126 Å². The molecule has 6 heteroatoms. The topological polar surface area (TPSA) is 23.8 Å². The lowest BCUT2D eigenvalue weighted by Gasteiger charge is -2.23. The van der Waals surface area contributed by atoms with E-state index in [0.29, 0.717) is 22.1 Å². The second-order valence-corrected chi connectivity index (χ2v) is 13.1. The largest absolute Gasteiger partial charge is 0.192 e. The van der Waals surface area contributed by atoms with Gasteiger partial charge >= 0.3 is 0 Å². The van der Waals surface area contributed by atoms with E-state index in [9.17, 15) is 5.26 Å². The summed E-state index contributed by atoms with van der Waals surface area (Å²) in [5.41, 5.74) is 12.6. The van der Waals surface area contributed by atoms with Gasteiger partial charge in [0.25, 0.3) is 0 Å². The van der Waals surface area contributed by atoms with Gasteiger partial charge in [0.2, 0.25) is 0 Å². The first-order valence-electron chi connectivity index (χ1n) is 15.9. The molecule has 0 heterocycles. The molecule has 0 amide bonds. The standard InChI is InChI=1S/C42H24B5N/c1-42(2)32-19-22(21-48)11-17-26(32)27-18-16-25(20-33(27)42)35-30-9-5-3-7-28(30)34(29-8-4-6-10-31(29)35)23-12-14-24(15-13-23)36-37(43)39(45)41(47)40(46)38(36)44/h3-20H,1-2H3. The first-order chi connectivity index (χ1) is 23.1. The molecular formula is C42H24B5N. The van der Waals surface area contributed by atoms with Crippen molar-refractivity contribution >= 4 is 88.1 Å². The van der Waals surface area contributed by atoms with E-state index in [4.69, 9.17) is 39.2 Å². The van der Waals surface area contributed by atoms with Crippen molar-refractivity contribution in [2.24, 2.45) is 0 Å². The lowest BCUT2D eigenvalue weighted by atomic mass is 9.59. The molecule has 48 heavy (non-hydrogen) atoms. The van der Waals surface area contributed by atoms with Gasteiger partial charge in [0.05, 0.1) is 11.6 Å². The molecule has 0 saturated carbocycles. The third-order valence-electron chi connectivity index (χ3n) is 10.2. The van der Waals surface area contributed by atoms with Crippen LogP contribution in [0.15, 0.2) is 109 Å². The van der Waals surface area contributed by atoms with Gasteiger partial charge in [-0.05, 0) is 95.4 Å². The Morgan fingerprint density at radius 1 is 0.458 bits per heavy atom. The van der Waals surface area contributed by atoms with Gasteiger partial charge in [0.15, 0.2) is 0 Å². The van der Waals surface area contributed by atoms with Crippen LogP contribution in [0.5, 0.6) is 0 Å². The summed E-state index contributed by atoms with van der Waals surface area (Å²) in [7, 11) is 31.2. The first kappa shape index (κ1) is 30.2. The number of nitrogens with zero attached hydrogens (tertiary/aromatic N) is 1. The monoisotopic (exact) mass is 597 g/mol. The van der Waals surface area contributed by atoms with Gasteiger partial charge in [0, 0.05) is 5.41 Å². The average Bonchev–Trinajstić information content (AvgIpc) is 3.34. The van der Waals surface area contributed by atoms with Crippen LogP contribution in [-0.2, 0) is 5.41 Å². The highest BCUT2D eigenvalue weighted by molar-refractivity contribution is 6.68. The summed E-state index contributed by atoms with van der Waals surface area (Å²) in [5, 5.41) is 14.2. The number of nitriles is 1. The highest BCUT2D eigenvalue weighted by atomic mass is 14.4. The van der Waals surface area contributed by atoms with Crippen molar-refractivity contribution in [2.45, 2.75) is 19.3 Å².